The Hall–Kier alpha value is -1.80. The van der Waals surface area contributed by atoms with E-state index in [4.69, 9.17) is 32.8 Å². The van der Waals surface area contributed by atoms with Gasteiger partial charge in [0.1, 0.15) is 5.82 Å². The van der Waals surface area contributed by atoms with Crippen molar-refractivity contribution in [1.29, 1.82) is 0 Å². The van der Waals surface area contributed by atoms with Gasteiger partial charge < -0.3 is 21.1 Å². The van der Waals surface area contributed by atoms with Crippen molar-refractivity contribution in [1.82, 2.24) is 15.0 Å². The first-order valence-electron chi connectivity index (χ1n) is 10.8. The molecule has 8 heteroatoms. The van der Waals surface area contributed by atoms with Gasteiger partial charge in [-0.15, -0.1) is 0 Å². The summed E-state index contributed by atoms with van der Waals surface area (Å²) in [7, 11) is 2.06. The molecule has 2 fully saturated rings. The summed E-state index contributed by atoms with van der Waals surface area (Å²) in [6.07, 6.45) is 10.8. The van der Waals surface area contributed by atoms with Crippen molar-refractivity contribution in [3.8, 4) is 11.3 Å². The van der Waals surface area contributed by atoms with E-state index in [-0.39, 0.29) is 6.04 Å². The maximum Gasteiger partial charge on any atom is 0.147 e. The van der Waals surface area contributed by atoms with E-state index in [1.54, 1.807) is 18.6 Å². The highest BCUT2D eigenvalue weighted by Gasteiger charge is 2.34. The summed E-state index contributed by atoms with van der Waals surface area (Å²) in [5.41, 5.74) is 14.7. The van der Waals surface area contributed by atoms with Crippen LogP contribution in [0.2, 0.25) is 5.02 Å². The molecule has 30 heavy (non-hydrogen) atoms. The molecule has 0 amide bonds. The highest BCUT2D eigenvalue weighted by molar-refractivity contribution is 6.33. The van der Waals surface area contributed by atoms with Crippen LogP contribution in [0, 0.1) is 5.92 Å². The Kier molecular flexibility index (Phi) is 6.53. The second kappa shape index (κ2) is 9.14. The molecule has 3 heterocycles. The van der Waals surface area contributed by atoms with Crippen LogP contribution in [-0.2, 0) is 10.3 Å². The highest BCUT2D eigenvalue weighted by Crippen LogP contribution is 2.36. The van der Waals surface area contributed by atoms with Crippen LogP contribution in [-0.4, -0.2) is 47.8 Å². The summed E-state index contributed by atoms with van der Waals surface area (Å²) in [5.74, 6) is 1.44. The van der Waals surface area contributed by atoms with E-state index in [1.165, 1.54) is 0 Å². The third-order valence-corrected chi connectivity index (χ3v) is 6.75. The third-order valence-electron chi connectivity index (χ3n) is 6.45. The zero-order chi connectivity index (χ0) is 21.1. The van der Waals surface area contributed by atoms with Crippen molar-refractivity contribution in [2.45, 2.75) is 50.1 Å². The number of hydrogen-bond donors (Lipinski definition) is 2. The summed E-state index contributed by atoms with van der Waals surface area (Å²) >= 11 is 6.51. The first-order chi connectivity index (χ1) is 14.4. The molecule has 162 valence electrons. The van der Waals surface area contributed by atoms with Crippen LogP contribution in [0.5, 0.6) is 0 Å². The van der Waals surface area contributed by atoms with E-state index >= 15 is 0 Å². The highest BCUT2D eigenvalue weighted by atomic mass is 35.5. The molecule has 0 aromatic carbocycles. The molecular formula is C22H31ClN6O. The van der Waals surface area contributed by atoms with Crippen LogP contribution in [0.15, 0.2) is 24.7 Å². The quantitative estimate of drug-likeness (QED) is 0.750. The van der Waals surface area contributed by atoms with Crippen molar-refractivity contribution in [2.24, 2.45) is 17.4 Å². The average Bonchev–Trinajstić information content (AvgIpc) is 2.77. The Bertz CT molecular complexity index is 864. The summed E-state index contributed by atoms with van der Waals surface area (Å²) in [4.78, 5) is 16.0. The van der Waals surface area contributed by atoms with E-state index in [0.29, 0.717) is 10.9 Å². The zero-order valence-corrected chi connectivity index (χ0v) is 18.3. The van der Waals surface area contributed by atoms with Gasteiger partial charge in [-0.3, -0.25) is 9.97 Å². The normalized spacial score (nSPS) is 25.3. The topological polar surface area (TPSA) is 103 Å². The average molecular weight is 431 g/mol. The summed E-state index contributed by atoms with van der Waals surface area (Å²) in [6, 6.07) is 2.20. The maximum absolute atomic E-state index is 6.71. The van der Waals surface area contributed by atoms with Gasteiger partial charge in [0.05, 0.1) is 34.3 Å². The van der Waals surface area contributed by atoms with Gasteiger partial charge in [-0.1, -0.05) is 11.6 Å². The summed E-state index contributed by atoms with van der Waals surface area (Å²) in [6.45, 7) is 2.61. The van der Waals surface area contributed by atoms with Crippen molar-refractivity contribution in [3.63, 3.8) is 0 Å². The lowest BCUT2D eigenvalue weighted by atomic mass is 9.78. The SMILES string of the molecule is CN(CC1CCOCC1)c1cncc(-c2cc(C3(N)CCC(N)CC3)ncc2Cl)n1. The number of rotatable bonds is 5. The van der Waals surface area contributed by atoms with Gasteiger partial charge >= 0.3 is 0 Å². The van der Waals surface area contributed by atoms with Crippen LogP contribution < -0.4 is 16.4 Å². The molecule has 4 N–H and O–H groups in total. The Morgan fingerprint density at radius 1 is 1.17 bits per heavy atom. The molecule has 4 rings (SSSR count). The van der Waals surface area contributed by atoms with Gasteiger partial charge in [0.15, 0.2) is 0 Å². The van der Waals surface area contributed by atoms with Gasteiger partial charge in [-0.05, 0) is 50.5 Å². The Morgan fingerprint density at radius 3 is 2.63 bits per heavy atom. The molecule has 0 bridgehead atoms. The molecule has 2 aliphatic rings. The zero-order valence-electron chi connectivity index (χ0n) is 17.6. The fourth-order valence-electron chi connectivity index (χ4n) is 4.40. The maximum atomic E-state index is 6.71. The van der Waals surface area contributed by atoms with Gasteiger partial charge in [0.25, 0.3) is 0 Å². The van der Waals surface area contributed by atoms with Crippen molar-refractivity contribution in [2.75, 3.05) is 31.7 Å². The van der Waals surface area contributed by atoms with Crippen molar-refractivity contribution >= 4 is 17.4 Å². The van der Waals surface area contributed by atoms with Crippen molar-refractivity contribution < 1.29 is 4.74 Å². The molecule has 1 saturated carbocycles. The number of pyridine rings is 1. The van der Waals surface area contributed by atoms with Gasteiger partial charge in [-0.25, -0.2) is 4.98 Å². The minimum absolute atomic E-state index is 0.224. The number of ether oxygens (including phenoxy) is 1. The molecule has 0 atom stereocenters. The molecule has 0 radical (unpaired) electrons. The predicted octanol–water partition coefficient (Wildman–Crippen LogP) is 3.11. The molecule has 0 unspecified atom stereocenters. The number of aromatic nitrogens is 3. The second-order valence-electron chi connectivity index (χ2n) is 8.74. The summed E-state index contributed by atoms with van der Waals surface area (Å²) in [5, 5.41) is 0.549. The van der Waals surface area contributed by atoms with Gasteiger partial charge in [0, 0.05) is 44.6 Å². The van der Waals surface area contributed by atoms with Crippen molar-refractivity contribution in [3.05, 3.63) is 35.4 Å². The number of nitrogens with zero attached hydrogens (tertiary/aromatic N) is 4. The van der Waals surface area contributed by atoms with Crippen LogP contribution in [0.1, 0.15) is 44.2 Å². The lowest BCUT2D eigenvalue weighted by Gasteiger charge is -2.35. The van der Waals surface area contributed by atoms with Crippen LogP contribution >= 0.6 is 11.6 Å². The molecule has 0 spiro atoms. The van der Waals surface area contributed by atoms with Gasteiger partial charge in [-0.2, -0.15) is 0 Å². The van der Waals surface area contributed by atoms with E-state index in [0.717, 1.165) is 81.1 Å². The lowest BCUT2D eigenvalue weighted by molar-refractivity contribution is 0.0685. The largest absolute Gasteiger partial charge is 0.381 e. The number of anilines is 1. The molecule has 2 aromatic heterocycles. The monoisotopic (exact) mass is 430 g/mol. The first kappa shape index (κ1) is 21.4. The minimum atomic E-state index is -0.472. The van der Waals surface area contributed by atoms with Gasteiger partial charge in [0.2, 0.25) is 0 Å². The fourth-order valence-corrected chi connectivity index (χ4v) is 4.60. The molecule has 1 aliphatic heterocycles. The van der Waals surface area contributed by atoms with Crippen LogP contribution in [0.4, 0.5) is 5.82 Å². The molecule has 7 nitrogen and oxygen atoms in total. The molecule has 2 aromatic rings. The van der Waals surface area contributed by atoms with E-state index in [1.807, 2.05) is 6.07 Å². The smallest absolute Gasteiger partial charge is 0.147 e. The van der Waals surface area contributed by atoms with Crippen LogP contribution in [0.25, 0.3) is 11.3 Å². The van der Waals surface area contributed by atoms with E-state index < -0.39 is 5.54 Å². The predicted molar refractivity (Wildman–Crippen MR) is 119 cm³/mol. The Labute approximate surface area is 183 Å². The molecule has 1 aliphatic carbocycles. The number of nitrogens with two attached hydrogens (primary N) is 2. The number of halogens is 1. The third kappa shape index (κ3) is 4.75. The summed E-state index contributed by atoms with van der Waals surface area (Å²) < 4.78 is 5.47. The lowest BCUT2D eigenvalue weighted by Crippen LogP contribution is -2.44. The standard InChI is InChI=1S/C22H31ClN6O/c1-29(14-15-4-8-30-9-5-15)21-13-26-12-19(28-21)17-10-20(27-11-18(17)23)22(25)6-2-16(24)3-7-22/h10-13,15-16H,2-9,14,24-25H2,1H3. The number of hydrogen-bond acceptors (Lipinski definition) is 7. The first-order valence-corrected chi connectivity index (χ1v) is 11.1. The second-order valence-corrected chi connectivity index (χ2v) is 9.15. The minimum Gasteiger partial charge on any atom is -0.381 e. The fraction of sp³-hybridized carbons (Fsp3) is 0.591. The van der Waals surface area contributed by atoms with Crippen LogP contribution in [0.3, 0.4) is 0 Å². The molecular weight excluding hydrogens is 400 g/mol. The molecule has 1 saturated heterocycles. The van der Waals surface area contributed by atoms with E-state index in [9.17, 15) is 0 Å². The Morgan fingerprint density at radius 2 is 1.90 bits per heavy atom. The van der Waals surface area contributed by atoms with E-state index in [2.05, 4.69) is 21.9 Å². The Balaban J connectivity index is 1.57.